The van der Waals surface area contributed by atoms with E-state index < -0.39 is 29.7 Å². The zero-order chi connectivity index (χ0) is 16.2. The number of aliphatic hydroxyl groups excluding tert-OH is 2. The van der Waals surface area contributed by atoms with Gasteiger partial charge in [0, 0.05) is 12.7 Å². The van der Waals surface area contributed by atoms with Crippen LogP contribution in [0.4, 0.5) is 9.18 Å². The van der Waals surface area contributed by atoms with Gasteiger partial charge in [-0.2, -0.15) is 0 Å². The number of halogens is 2. The topological polar surface area (TPSA) is 91.7 Å². The fourth-order valence-corrected chi connectivity index (χ4v) is 1.58. The number of nitrogens with one attached hydrogen (secondary N) is 1. The smallest absolute Gasteiger partial charge is 0.407 e. The maximum atomic E-state index is 13.6. The van der Waals surface area contributed by atoms with Crippen LogP contribution in [0, 0.1) is 5.82 Å². The number of pyridine rings is 1. The Morgan fingerprint density at radius 3 is 2.67 bits per heavy atom. The van der Waals surface area contributed by atoms with E-state index in [1.165, 1.54) is 0 Å². The van der Waals surface area contributed by atoms with E-state index in [2.05, 4.69) is 10.3 Å². The van der Waals surface area contributed by atoms with E-state index in [4.69, 9.17) is 16.3 Å². The molecule has 118 valence electrons. The number of aromatic nitrogens is 1. The summed E-state index contributed by atoms with van der Waals surface area (Å²) in [4.78, 5) is 15.0. The highest BCUT2D eigenvalue weighted by molar-refractivity contribution is 6.30. The van der Waals surface area contributed by atoms with Crippen LogP contribution in [0.1, 0.15) is 32.6 Å². The van der Waals surface area contributed by atoms with Gasteiger partial charge in [-0.05, 0) is 26.8 Å². The van der Waals surface area contributed by atoms with Crippen LogP contribution in [-0.2, 0) is 4.74 Å². The Kier molecular flexibility index (Phi) is 5.88. The van der Waals surface area contributed by atoms with E-state index in [0.29, 0.717) is 0 Å². The zero-order valence-electron chi connectivity index (χ0n) is 11.9. The molecule has 1 rings (SSSR count). The molecule has 1 heterocycles. The molecule has 0 aromatic carbocycles. The fourth-order valence-electron chi connectivity index (χ4n) is 1.44. The predicted octanol–water partition coefficient (Wildman–Crippen LogP) is 1.79. The summed E-state index contributed by atoms with van der Waals surface area (Å²) in [6.07, 6.45) is -2.65. The quantitative estimate of drug-likeness (QED) is 0.786. The molecule has 0 saturated carbocycles. The number of carbonyl (C=O) groups is 1. The summed E-state index contributed by atoms with van der Waals surface area (Å²) in [5.41, 5.74) is -1.03. The van der Waals surface area contributed by atoms with Gasteiger partial charge < -0.3 is 20.3 Å². The number of hydrogen-bond acceptors (Lipinski definition) is 5. The van der Waals surface area contributed by atoms with Crippen LogP contribution >= 0.6 is 11.6 Å². The third kappa shape index (κ3) is 5.82. The first kappa shape index (κ1) is 17.6. The van der Waals surface area contributed by atoms with Gasteiger partial charge in [-0.1, -0.05) is 11.6 Å². The third-order valence-corrected chi connectivity index (χ3v) is 2.54. The Morgan fingerprint density at radius 1 is 1.52 bits per heavy atom. The lowest BCUT2D eigenvalue weighted by atomic mass is 10.1. The Labute approximate surface area is 126 Å². The second-order valence-corrected chi connectivity index (χ2v) is 5.85. The lowest BCUT2D eigenvalue weighted by Crippen LogP contribution is -2.39. The van der Waals surface area contributed by atoms with Crippen LogP contribution in [0.2, 0.25) is 5.02 Å². The molecule has 0 spiro atoms. The first-order valence-electron chi connectivity index (χ1n) is 6.24. The number of hydrogen-bond donors (Lipinski definition) is 3. The van der Waals surface area contributed by atoms with E-state index >= 15 is 0 Å². The highest BCUT2D eigenvalue weighted by Gasteiger charge is 2.24. The predicted molar refractivity (Wildman–Crippen MR) is 74.4 cm³/mol. The van der Waals surface area contributed by atoms with Gasteiger partial charge in [0.1, 0.15) is 29.3 Å². The summed E-state index contributed by atoms with van der Waals surface area (Å²) < 4.78 is 18.5. The van der Waals surface area contributed by atoms with Crippen molar-refractivity contribution < 1.29 is 24.1 Å². The average molecular weight is 321 g/mol. The molecule has 0 radical (unpaired) electrons. The van der Waals surface area contributed by atoms with Crippen molar-refractivity contribution in [1.29, 1.82) is 0 Å². The van der Waals surface area contributed by atoms with Gasteiger partial charge in [0.2, 0.25) is 0 Å². The SMILES string of the molecule is CC(C)(C)OC(=O)NCC(O)C(O)c1ncc(Cl)cc1F. The Balaban J connectivity index is 2.59. The molecular formula is C13H18ClFN2O4. The van der Waals surface area contributed by atoms with Crippen molar-refractivity contribution in [2.45, 2.75) is 38.6 Å². The first-order chi connectivity index (χ1) is 9.60. The van der Waals surface area contributed by atoms with Gasteiger partial charge in [-0.25, -0.2) is 9.18 Å². The fraction of sp³-hybridized carbons (Fsp3) is 0.538. The normalized spacial score (nSPS) is 14.4. The second kappa shape index (κ2) is 7.02. The molecular weight excluding hydrogens is 303 g/mol. The standard InChI is InChI=1S/C13H18ClFN2O4/c1-13(2,3)21-12(20)17-6-9(18)11(19)10-8(15)4-7(14)5-16-10/h4-5,9,11,18-19H,6H2,1-3H3,(H,17,20). The molecule has 3 N–H and O–H groups in total. The van der Waals surface area contributed by atoms with Gasteiger partial charge in [-0.15, -0.1) is 0 Å². The molecule has 1 amide bonds. The van der Waals surface area contributed by atoms with Crippen molar-refractivity contribution in [1.82, 2.24) is 10.3 Å². The lowest BCUT2D eigenvalue weighted by Gasteiger charge is -2.22. The van der Waals surface area contributed by atoms with Gasteiger partial charge in [-0.3, -0.25) is 4.98 Å². The van der Waals surface area contributed by atoms with Crippen LogP contribution in [0.25, 0.3) is 0 Å². The summed E-state index contributed by atoms with van der Waals surface area (Å²) in [6.45, 7) is 4.74. The number of rotatable bonds is 4. The Bertz CT molecular complexity index is 507. The summed E-state index contributed by atoms with van der Waals surface area (Å²) in [7, 11) is 0. The molecule has 21 heavy (non-hydrogen) atoms. The maximum absolute atomic E-state index is 13.6. The minimum absolute atomic E-state index is 0.0739. The molecule has 0 saturated heterocycles. The molecule has 1 aromatic rings. The lowest BCUT2D eigenvalue weighted by molar-refractivity contribution is 0.00905. The zero-order valence-corrected chi connectivity index (χ0v) is 12.7. The number of amides is 1. The van der Waals surface area contributed by atoms with Crippen molar-refractivity contribution >= 4 is 17.7 Å². The summed E-state index contributed by atoms with van der Waals surface area (Å²) in [5.74, 6) is -0.841. The van der Waals surface area contributed by atoms with Gasteiger partial charge in [0.25, 0.3) is 0 Å². The van der Waals surface area contributed by atoms with Gasteiger partial charge in [0.15, 0.2) is 0 Å². The van der Waals surface area contributed by atoms with Crippen molar-refractivity contribution in [2.75, 3.05) is 6.54 Å². The molecule has 0 aliphatic carbocycles. The molecule has 0 aliphatic rings. The molecule has 2 atom stereocenters. The highest BCUT2D eigenvalue weighted by Crippen LogP contribution is 2.20. The van der Waals surface area contributed by atoms with Gasteiger partial charge >= 0.3 is 6.09 Å². The van der Waals surface area contributed by atoms with Crippen LogP contribution in [0.3, 0.4) is 0 Å². The van der Waals surface area contributed by atoms with Crippen LogP contribution in [-0.4, -0.2) is 39.5 Å². The van der Waals surface area contributed by atoms with Crippen LogP contribution in [0.5, 0.6) is 0 Å². The van der Waals surface area contributed by atoms with E-state index in [0.717, 1.165) is 12.3 Å². The highest BCUT2D eigenvalue weighted by atomic mass is 35.5. The van der Waals surface area contributed by atoms with Crippen LogP contribution in [0.15, 0.2) is 12.3 Å². The average Bonchev–Trinajstić information content (AvgIpc) is 2.33. The van der Waals surface area contributed by atoms with E-state index in [1.807, 2.05) is 0 Å². The van der Waals surface area contributed by atoms with E-state index in [9.17, 15) is 19.4 Å². The van der Waals surface area contributed by atoms with Crippen molar-refractivity contribution in [3.63, 3.8) is 0 Å². The van der Waals surface area contributed by atoms with Crippen molar-refractivity contribution in [3.05, 3.63) is 28.8 Å². The van der Waals surface area contributed by atoms with Crippen molar-refractivity contribution in [3.8, 4) is 0 Å². The van der Waals surface area contributed by atoms with E-state index in [1.54, 1.807) is 20.8 Å². The number of alkyl carbamates (subject to hydrolysis) is 1. The summed E-state index contributed by atoms with van der Waals surface area (Å²) in [5, 5.41) is 21.9. The van der Waals surface area contributed by atoms with Crippen LogP contribution < -0.4 is 5.32 Å². The van der Waals surface area contributed by atoms with E-state index in [-0.39, 0.29) is 17.3 Å². The second-order valence-electron chi connectivity index (χ2n) is 5.42. The van der Waals surface area contributed by atoms with Gasteiger partial charge in [0.05, 0.1) is 5.02 Å². The summed E-state index contributed by atoms with van der Waals surface area (Å²) in [6, 6.07) is 0.973. The number of carbonyl (C=O) groups excluding carboxylic acids is 1. The molecule has 6 nitrogen and oxygen atoms in total. The maximum Gasteiger partial charge on any atom is 0.407 e. The molecule has 0 bridgehead atoms. The Hall–Kier alpha value is -1.44. The molecule has 0 fully saturated rings. The molecule has 8 heteroatoms. The summed E-state index contributed by atoms with van der Waals surface area (Å²) >= 11 is 5.55. The molecule has 0 aliphatic heterocycles. The Morgan fingerprint density at radius 2 is 2.14 bits per heavy atom. The first-order valence-corrected chi connectivity index (χ1v) is 6.62. The number of nitrogens with zero attached hydrogens (tertiary/aromatic N) is 1. The number of aliphatic hydroxyl groups is 2. The minimum atomic E-state index is -1.60. The monoisotopic (exact) mass is 320 g/mol. The minimum Gasteiger partial charge on any atom is -0.444 e. The largest absolute Gasteiger partial charge is 0.444 e. The third-order valence-electron chi connectivity index (χ3n) is 2.34. The number of ether oxygens (including phenoxy) is 1. The molecule has 2 unspecified atom stereocenters. The van der Waals surface area contributed by atoms with Crippen molar-refractivity contribution in [2.24, 2.45) is 0 Å². The molecule has 1 aromatic heterocycles.